The molecule has 0 aliphatic heterocycles. The smallest absolute Gasteiger partial charge is 0.247 e. The highest BCUT2D eigenvalue weighted by molar-refractivity contribution is 9.10. The maximum absolute atomic E-state index is 11.9. The third-order valence-electron chi connectivity index (χ3n) is 2.00. The lowest BCUT2D eigenvalue weighted by Gasteiger charge is -2.22. The number of carbonyl (C=O) groups excluding carboxylic acids is 1. The Kier molecular flexibility index (Phi) is 3.53. The van der Waals surface area contributed by atoms with Crippen molar-refractivity contribution in [2.75, 3.05) is 11.9 Å². The first-order valence-electron chi connectivity index (χ1n) is 4.32. The van der Waals surface area contributed by atoms with Crippen molar-refractivity contribution in [2.45, 2.75) is 13.8 Å². The van der Waals surface area contributed by atoms with E-state index >= 15 is 0 Å². The Hall–Kier alpha value is -0.860. The topological polar surface area (TPSA) is 44.1 Å². The summed E-state index contributed by atoms with van der Waals surface area (Å²) in [5, 5.41) is 11.6. The van der Waals surface area contributed by atoms with E-state index in [2.05, 4.69) is 15.9 Å². The average molecular weight is 287 g/mol. The lowest BCUT2D eigenvalue weighted by Crippen LogP contribution is -2.37. The molecule has 0 aliphatic carbocycles. The van der Waals surface area contributed by atoms with E-state index < -0.39 is 5.41 Å². The number of hydrogen-bond donors (Lipinski definition) is 0. The number of halogens is 1. The minimum atomic E-state index is -0.981. The summed E-state index contributed by atoms with van der Waals surface area (Å²) in [6.07, 6.45) is 0. The van der Waals surface area contributed by atoms with Crippen LogP contribution in [0.15, 0.2) is 15.9 Å². The Labute approximate surface area is 101 Å². The third kappa shape index (κ3) is 2.58. The molecule has 3 nitrogen and oxygen atoms in total. The molecule has 15 heavy (non-hydrogen) atoms. The van der Waals surface area contributed by atoms with Crippen LogP contribution in [0.25, 0.3) is 0 Å². The first-order valence-corrected chi connectivity index (χ1v) is 5.99. The summed E-state index contributed by atoms with van der Waals surface area (Å²) in [4.78, 5) is 13.4. The number of amides is 1. The van der Waals surface area contributed by atoms with Crippen LogP contribution in [0.5, 0.6) is 0 Å². The number of hydrogen-bond acceptors (Lipinski definition) is 3. The number of thiophene rings is 1. The molecule has 1 heterocycles. The van der Waals surface area contributed by atoms with Crippen LogP contribution in [0.4, 0.5) is 5.00 Å². The molecule has 0 unspecified atom stereocenters. The summed E-state index contributed by atoms with van der Waals surface area (Å²) in [7, 11) is 1.68. The van der Waals surface area contributed by atoms with Crippen LogP contribution in [0.2, 0.25) is 0 Å². The van der Waals surface area contributed by atoms with Gasteiger partial charge in [0.25, 0.3) is 0 Å². The van der Waals surface area contributed by atoms with Crippen LogP contribution in [0.1, 0.15) is 13.8 Å². The second kappa shape index (κ2) is 4.33. The van der Waals surface area contributed by atoms with E-state index in [0.29, 0.717) is 0 Å². The number of nitrogens with zero attached hydrogens (tertiary/aromatic N) is 2. The van der Waals surface area contributed by atoms with Crippen LogP contribution in [0, 0.1) is 16.7 Å². The zero-order valence-electron chi connectivity index (χ0n) is 8.74. The van der Waals surface area contributed by atoms with Gasteiger partial charge in [-0.15, -0.1) is 11.3 Å². The molecule has 0 radical (unpaired) electrons. The average Bonchev–Trinajstić information content (AvgIpc) is 2.62. The van der Waals surface area contributed by atoms with Crippen LogP contribution < -0.4 is 4.90 Å². The predicted molar refractivity (Wildman–Crippen MR) is 64.8 cm³/mol. The number of nitriles is 1. The molecule has 0 atom stereocenters. The summed E-state index contributed by atoms with van der Waals surface area (Å²) < 4.78 is 0.942. The fourth-order valence-electron chi connectivity index (χ4n) is 1.05. The van der Waals surface area contributed by atoms with Gasteiger partial charge >= 0.3 is 0 Å². The SMILES string of the molecule is CN(C(=O)C(C)(C)C#N)c1cc(Br)cs1. The summed E-state index contributed by atoms with van der Waals surface area (Å²) in [6, 6.07) is 3.86. The Balaban J connectivity index is 2.92. The van der Waals surface area contributed by atoms with Crippen LogP contribution >= 0.6 is 27.3 Å². The van der Waals surface area contributed by atoms with Crippen molar-refractivity contribution >= 4 is 38.2 Å². The quantitative estimate of drug-likeness (QED) is 0.839. The van der Waals surface area contributed by atoms with E-state index in [4.69, 9.17) is 5.26 Å². The van der Waals surface area contributed by atoms with Crippen molar-refractivity contribution in [3.63, 3.8) is 0 Å². The molecule has 0 fully saturated rings. The van der Waals surface area contributed by atoms with Crippen molar-refractivity contribution in [1.82, 2.24) is 0 Å². The molecule has 0 aromatic carbocycles. The van der Waals surface area contributed by atoms with E-state index in [0.717, 1.165) is 9.47 Å². The predicted octanol–water partition coefficient (Wildman–Crippen LogP) is 3.02. The first-order chi connectivity index (χ1) is 6.88. The molecular formula is C10H11BrN2OS. The lowest BCUT2D eigenvalue weighted by atomic mass is 9.94. The molecule has 5 heteroatoms. The van der Waals surface area contributed by atoms with Crippen LogP contribution in [0.3, 0.4) is 0 Å². The maximum Gasteiger partial charge on any atom is 0.247 e. The molecule has 1 amide bonds. The fraction of sp³-hybridized carbons (Fsp3) is 0.400. The third-order valence-corrected chi connectivity index (χ3v) is 3.77. The molecule has 1 aromatic rings. The van der Waals surface area contributed by atoms with Gasteiger partial charge in [0.1, 0.15) is 5.41 Å². The molecule has 0 bridgehead atoms. The normalized spacial score (nSPS) is 10.9. The van der Waals surface area contributed by atoms with Crippen molar-refractivity contribution in [3.8, 4) is 6.07 Å². The van der Waals surface area contributed by atoms with E-state index in [1.54, 1.807) is 20.9 Å². The van der Waals surface area contributed by atoms with Gasteiger partial charge in [-0.3, -0.25) is 4.79 Å². The molecule has 0 saturated heterocycles. The number of rotatable bonds is 2. The van der Waals surface area contributed by atoms with Crippen molar-refractivity contribution < 1.29 is 4.79 Å². The molecular weight excluding hydrogens is 276 g/mol. The number of anilines is 1. The Morgan fingerprint density at radius 3 is 2.67 bits per heavy atom. The Bertz CT molecular complexity index is 419. The Morgan fingerprint density at radius 1 is 1.67 bits per heavy atom. The standard InChI is InChI=1S/C10H11BrN2OS/c1-10(2,6-12)9(14)13(3)8-4-7(11)5-15-8/h4-5H,1-3H3. The van der Waals surface area contributed by atoms with Crippen molar-refractivity contribution in [2.24, 2.45) is 5.41 Å². The molecule has 1 aromatic heterocycles. The van der Waals surface area contributed by atoms with Crippen molar-refractivity contribution in [3.05, 3.63) is 15.9 Å². The van der Waals surface area contributed by atoms with Gasteiger partial charge in [0.15, 0.2) is 0 Å². The van der Waals surface area contributed by atoms with Gasteiger partial charge in [-0.25, -0.2) is 0 Å². The van der Waals surface area contributed by atoms with E-state index in [9.17, 15) is 4.79 Å². The van der Waals surface area contributed by atoms with E-state index in [1.807, 2.05) is 17.5 Å². The molecule has 0 N–H and O–H groups in total. The van der Waals surface area contributed by atoms with E-state index in [-0.39, 0.29) is 5.91 Å². The van der Waals surface area contributed by atoms with Crippen molar-refractivity contribution in [1.29, 1.82) is 5.26 Å². The summed E-state index contributed by atoms with van der Waals surface area (Å²) in [6.45, 7) is 3.24. The first kappa shape index (κ1) is 12.2. The molecule has 0 aliphatic rings. The van der Waals surface area contributed by atoms with Gasteiger partial charge in [-0.05, 0) is 35.8 Å². The minimum absolute atomic E-state index is 0.195. The highest BCUT2D eigenvalue weighted by atomic mass is 79.9. The molecule has 1 rings (SSSR count). The second-order valence-corrected chi connectivity index (χ2v) is 5.51. The minimum Gasteiger partial charge on any atom is -0.306 e. The largest absolute Gasteiger partial charge is 0.306 e. The molecule has 0 saturated carbocycles. The highest BCUT2D eigenvalue weighted by Crippen LogP contribution is 2.30. The van der Waals surface area contributed by atoms with Gasteiger partial charge in [0, 0.05) is 16.9 Å². The summed E-state index contributed by atoms with van der Waals surface area (Å²) in [5.41, 5.74) is -0.981. The zero-order valence-corrected chi connectivity index (χ0v) is 11.1. The second-order valence-electron chi connectivity index (χ2n) is 3.70. The van der Waals surface area contributed by atoms with Gasteiger partial charge < -0.3 is 4.90 Å². The monoisotopic (exact) mass is 286 g/mol. The zero-order chi connectivity index (χ0) is 11.6. The highest BCUT2D eigenvalue weighted by Gasteiger charge is 2.31. The van der Waals surface area contributed by atoms with Gasteiger partial charge in [-0.2, -0.15) is 5.26 Å². The van der Waals surface area contributed by atoms with Gasteiger partial charge in [-0.1, -0.05) is 0 Å². The maximum atomic E-state index is 11.9. The van der Waals surface area contributed by atoms with Crippen LogP contribution in [-0.2, 0) is 4.79 Å². The Morgan fingerprint density at radius 2 is 2.27 bits per heavy atom. The lowest BCUT2D eigenvalue weighted by molar-refractivity contribution is -0.123. The van der Waals surface area contributed by atoms with Gasteiger partial charge in [0.2, 0.25) is 5.91 Å². The molecule has 80 valence electrons. The van der Waals surface area contributed by atoms with E-state index in [1.165, 1.54) is 16.2 Å². The van der Waals surface area contributed by atoms with Gasteiger partial charge in [0.05, 0.1) is 11.1 Å². The summed E-state index contributed by atoms with van der Waals surface area (Å²) in [5.74, 6) is -0.195. The summed E-state index contributed by atoms with van der Waals surface area (Å²) >= 11 is 4.79. The molecule has 0 spiro atoms. The van der Waals surface area contributed by atoms with Crippen LogP contribution in [-0.4, -0.2) is 13.0 Å². The number of carbonyl (C=O) groups is 1. The fourth-order valence-corrected chi connectivity index (χ4v) is 2.43.